The van der Waals surface area contributed by atoms with Crippen molar-refractivity contribution in [3.8, 4) is 0 Å². The van der Waals surface area contributed by atoms with Gasteiger partial charge in [-0.3, -0.25) is 0 Å². The van der Waals surface area contributed by atoms with Crippen LogP contribution < -0.4 is 10.6 Å². The predicted octanol–water partition coefficient (Wildman–Crippen LogP) is 0.863. The molecule has 6 nitrogen and oxygen atoms in total. The molecule has 1 unspecified atom stereocenters. The first-order valence-electron chi connectivity index (χ1n) is 6.75. The molecule has 2 N–H and O–H groups in total. The van der Waals surface area contributed by atoms with Crippen molar-refractivity contribution in [3.63, 3.8) is 0 Å². The summed E-state index contributed by atoms with van der Waals surface area (Å²) < 4.78 is 5.71. The number of nitrogens with zero attached hydrogens (tertiary/aromatic N) is 1. The fourth-order valence-electron chi connectivity index (χ4n) is 2.50. The number of ether oxygens (including phenoxy) is 1. The minimum atomic E-state index is -0.359. The van der Waals surface area contributed by atoms with Gasteiger partial charge in [0, 0.05) is 26.1 Å². The van der Waals surface area contributed by atoms with Crippen molar-refractivity contribution in [1.82, 2.24) is 15.5 Å². The van der Waals surface area contributed by atoms with Gasteiger partial charge < -0.3 is 15.4 Å². The van der Waals surface area contributed by atoms with Crippen molar-refractivity contribution in [3.05, 3.63) is 35.4 Å². The van der Waals surface area contributed by atoms with E-state index in [0.717, 1.165) is 6.42 Å². The molecule has 0 aromatic heterocycles. The fourth-order valence-corrected chi connectivity index (χ4v) is 2.50. The number of fused-ring (bicyclic) bond motifs is 1. The number of rotatable bonds is 2. The lowest BCUT2D eigenvalue weighted by Crippen LogP contribution is -2.45. The van der Waals surface area contributed by atoms with Crippen LogP contribution in [0.3, 0.4) is 0 Å². The van der Waals surface area contributed by atoms with Crippen LogP contribution in [0.5, 0.6) is 0 Å². The van der Waals surface area contributed by atoms with Gasteiger partial charge in [0.2, 0.25) is 0 Å². The highest BCUT2D eigenvalue weighted by atomic mass is 16.5. The standard InChI is InChI=1S/C14H17N3O3/c18-13-15-5-6-17(13)14(19)16-8-12-7-10-3-1-2-4-11(10)9-20-12/h1-4,12H,5-9H2,(H,15,18)(H,16,19). The predicted molar refractivity (Wildman–Crippen MR) is 72.2 cm³/mol. The Kier molecular flexibility index (Phi) is 3.56. The van der Waals surface area contributed by atoms with Gasteiger partial charge in [-0.05, 0) is 11.1 Å². The maximum absolute atomic E-state index is 11.8. The Hall–Kier alpha value is -2.08. The average Bonchev–Trinajstić information content (AvgIpc) is 2.91. The van der Waals surface area contributed by atoms with Gasteiger partial charge in [0.15, 0.2) is 0 Å². The van der Waals surface area contributed by atoms with Crippen molar-refractivity contribution >= 4 is 12.1 Å². The van der Waals surface area contributed by atoms with Gasteiger partial charge in [-0.1, -0.05) is 24.3 Å². The molecule has 1 fully saturated rings. The Bertz CT molecular complexity index is 532. The van der Waals surface area contributed by atoms with E-state index in [1.165, 1.54) is 16.0 Å². The second kappa shape index (κ2) is 5.50. The number of hydrogen-bond acceptors (Lipinski definition) is 3. The lowest BCUT2D eigenvalue weighted by molar-refractivity contribution is 0.0300. The maximum atomic E-state index is 11.8. The van der Waals surface area contributed by atoms with Crippen molar-refractivity contribution in [2.45, 2.75) is 19.1 Å². The van der Waals surface area contributed by atoms with Crippen LogP contribution in [0.25, 0.3) is 0 Å². The zero-order valence-corrected chi connectivity index (χ0v) is 11.1. The molecule has 0 saturated carbocycles. The van der Waals surface area contributed by atoms with E-state index in [1.54, 1.807) is 0 Å². The SMILES string of the molecule is O=C1NCCN1C(=O)NCC1Cc2ccccc2CO1. The van der Waals surface area contributed by atoms with Gasteiger partial charge in [0.25, 0.3) is 0 Å². The van der Waals surface area contributed by atoms with E-state index in [1.807, 2.05) is 12.1 Å². The van der Waals surface area contributed by atoms with Crippen LogP contribution in [-0.2, 0) is 17.8 Å². The Labute approximate surface area is 117 Å². The Morgan fingerprint density at radius 3 is 2.95 bits per heavy atom. The molecule has 2 heterocycles. The Balaban J connectivity index is 1.53. The minimum absolute atomic E-state index is 0.0421. The zero-order valence-electron chi connectivity index (χ0n) is 11.1. The molecule has 4 amide bonds. The quantitative estimate of drug-likeness (QED) is 0.841. The molecule has 106 valence electrons. The van der Waals surface area contributed by atoms with E-state index in [2.05, 4.69) is 22.8 Å². The van der Waals surface area contributed by atoms with Crippen molar-refractivity contribution in [2.75, 3.05) is 19.6 Å². The highest BCUT2D eigenvalue weighted by Gasteiger charge is 2.27. The minimum Gasteiger partial charge on any atom is -0.371 e. The van der Waals surface area contributed by atoms with E-state index in [9.17, 15) is 9.59 Å². The molecule has 2 aliphatic heterocycles. The van der Waals surface area contributed by atoms with Gasteiger partial charge in [0.05, 0.1) is 12.7 Å². The van der Waals surface area contributed by atoms with Crippen LogP contribution in [0.15, 0.2) is 24.3 Å². The number of carbonyl (C=O) groups is 2. The van der Waals surface area contributed by atoms with Crippen molar-refractivity contribution in [1.29, 1.82) is 0 Å². The molecule has 0 bridgehead atoms. The molecule has 6 heteroatoms. The van der Waals surface area contributed by atoms with Gasteiger partial charge in [-0.25, -0.2) is 14.5 Å². The second-order valence-electron chi connectivity index (χ2n) is 4.98. The lowest BCUT2D eigenvalue weighted by Gasteiger charge is -2.26. The summed E-state index contributed by atoms with van der Waals surface area (Å²) in [5.41, 5.74) is 2.46. The topological polar surface area (TPSA) is 70.7 Å². The van der Waals surface area contributed by atoms with E-state index in [4.69, 9.17) is 4.74 Å². The number of hydrogen-bond donors (Lipinski definition) is 2. The summed E-state index contributed by atoms with van der Waals surface area (Å²) in [4.78, 5) is 24.4. The summed E-state index contributed by atoms with van der Waals surface area (Å²) in [7, 11) is 0. The molecule has 1 saturated heterocycles. The number of nitrogens with one attached hydrogen (secondary N) is 2. The number of carbonyl (C=O) groups excluding carboxylic acids is 2. The van der Waals surface area contributed by atoms with Crippen LogP contribution in [0.2, 0.25) is 0 Å². The number of amides is 4. The maximum Gasteiger partial charge on any atom is 0.325 e. The van der Waals surface area contributed by atoms with Crippen LogP contribution >= 0.6 is 0 Å². The summed E-state index contributed by atoms with van der Waals surface area (Å²) >= 11 is 0. The summed E-state index contributed by atoms with van der Waals surface area (Å²) in [5.74, 6) is 0. The van der Waals surface area contributed by atoms with Crippen LogP contribution in [0.4, 0.5) is 9.59 Å². The molecule has 2 aliphatic rings. The molecule has 3 rings (SSSR count). The molecule has 0 radical (unpaired) electrons. The van der Waals surface area contributed by atoms with Crippen LogP contribution in [0, 0.1) is 0 Å². The summed E-state index contributed by atoms with van der Waals surface area (Å²) in [6.45, 7) is 1.91. The molecular weight excluding hydrogens is 258 g/mol. The van der Waals surface area contributed by atoms with E-state index >= 15 is 0 Å². The zero-order chi connectivity index (χ0) is 13.9. The highest BCUT2D eigenvalue weighted by Crippen LogP contribution is 2.19. The fraction of sp³-hybridized carbons (Fsp3) is 0.429. The van der Waals surface area contributed by atoms with E-state index < -0.39 is 0 Å². The number of imide groups is 1. The van der Waals surface area contributed by atoms with Crippen molar-refractivity contribution in [2.24, 2.45) is 0 Å². The summed E-state index contributed by atoms with van der Waals surface area (Å²) in [5, 5.41) is 5.35. The molecule has 20 heavy (non-hydrogen) atoms. The third-order valence-electron chi connectivity index (χ3n) is 3.62. The summed E-state index contributed by atoms with van der Waals surface area (Å²) in [6, 6.07) is 7.45. The average molecular weight is 275 g/mol. The monoisotopic (exact) mass is 275 g/mol. The molecule has 1 atom stereocenters. The first-order chi connectivity index (χ1) is 9.74. The first-order valence-corrected chi connectivity index (χ1v) is 6.75. The summed E-state index contributed by atoms with van der Waals surface area (Å²) in [6.07, 6.45) is 0.738. The van der Waals surface area contributed by atoms with E-state index in [-0.39, 0.29) is 18.2 Å². The lowest BCUT2D eigenvalue weighted by atomic mass is 9.99. The Morgan fingerprint density at radius 2 is 2.20 bits per heavy atom. The van der Waals surface area contributed by atoms with Gasteiger partial charge in [0.1, 0.15) is 0 Å². The molecule has 1 aromatic carbocycles. The van der Waals surface area contributed by atoms with Gasteiger partial charge >= 0.3 is 12.1 Å². The van der Waals surface area contributed by atoms with Crippen LogP contribution in [-0.4, -0.2) is 42.7 Å². The Morgan fingerprint density at radius 1 is 1.40 bits per heavy atom. The van der Waals surface area contributed by atoms with E-state index in [0.29, 0.717) is 26.2 Å². The third-order valence-corrected chi connectivity index (χ3v) is 3.62. The van der Waals surface area contributed by atoms with Gasteiger partial charge in [-0.2, -0.15) is 0 Å². The molecule has 0 spiro atoms. The molecule has 0 aliphatic carbocycles. The molecular formula is C14H17N3O3. The van der Waals surface area contributed by atoms with Gasteiger partial charge in [-0.15, -0.1) is 0 Å². The highest BCUT2D eigenvalue weighted by molar-refractivity contribution is 5.94. The number of benzene rings is 1. The number of urea groups is 2. The largest absolute Gasteiger partial charge is 0.371 e. The third kappa shape index (κ3) is 2.60. The van der Waals surface area contributed by atoms with Crippen LogP contribution in [0.1, 0.15) is 11.1 Å². The normalized spacial score (nSPS) is 21.3. The molecule has 1 aromatic rings. The smallest absolute Gasteiger partial charge is 0.325 e. The second-order valence-corrected chi connectivity index (χ2v) is 4.98. The van der Waals surface area contributed by atoms with Crippen molar-refractivity contribution < 1.29 is 14.3 Å². The first kappa shape index (κ1) is 12.9.